The molecule has 9 heteroatoms. The van der Waals surface area contributed by atoms with Crippen LogP contribution in [0.2, 0.25) is 0 Å². The molecule has 4 nitrogen and oxygen atoms in total. The van der Waals surface area contributed by atoms with Crippen molar-refractivity contribution in [3.8, 4) is 5.75 Å². The Hall–Kier alpha value is -1.74. The van der Waals surface area contributed by atoms with Crippen LogP contribution in [0.1, 0.15) is 16.7 Å². The maximum atomic E-state index is 13.0. The highest BCUT2D eigenvalue weighted by atomic mass is 79.9. The van der Waals surface area contributed by atoms with Gasteiger partial charge in [0.1, 0.15) is 12.4 Å². The third-order valence-corrected chi connectivity index (χ3v) is 4.58. The first-order chi connectivity index (χ1) is 12.1. The summed E-state index contributed by atoms with van der Waals surface area (Å²) in [7, 11) is 1.54. The summed E-state index contributed by atoms with van der Waals surface area (Å²) in [5, 5.41) is 11.5. The fourth-order valence-corrected chi connectivity index (χ4v) is 3.78. The molecule has 0 aliphatic carbocycles. The van der Waals surface area contributed by atoms with Crippen molar-refractivity contribution in [2.45, 2.75) is 19.2 Å². The van der Waals surface area contributed by atoms with Gasteiger partial charge in [-0.1, -0.05) is 0 Å². The Morgan fingerprint density at radius 1 is 1.12 bits per heavy atom. The SMILES string of the molecule is CNc1cc(COc2c(Br)cc(CC(=O)O)cc2Br)cc(C(F)(F)F)c1. The van der Waals surface area contributed by atoms with E-state index in [0.717, 1.165) is 12.1 Å². The van der Waals surface area contributed by atoms with Crippen molar-refractivity contribution in [2.24, 2.45) is 0 Å². The zero-order chi connectivity index (χ0) is 19.5. The lowest BCUT2D eigenvalue weighted by Gasteiger charge is -2.15. The topological polar surface area (TPSA) is 58.6 Å². The van der Waals surface area contributed by atoms with Crippen molar-refractivity contribution >= 4 is 43.5 Å². The molecule has 0 saturated carbocycles. The first-order valence-corrected chi connectivity index (χ1v) is 8.90. The summed E-state index contributed by atoms with van der Waals surface area (Å²) in [6.07, 6.45) is -4.61. The molecule has 0 aromatic heterocycles. The normalized spacial score (nSPS) is 11.3. The van der Waals surface area contributed by atoms with Gasteiger partial charge in [0.15, 0.2) is 0 Å². The van der Waals surface area contributed by atoms with Crippen LogP contribution in [0.3, 0.4) is 0 Å². The van der Waals surface area contributed by atoms with Crippen LogP contribution in [0.25, 0.3) is 0 Å². The lowest BCUT2D eigenvalue weighted by Crippen LogP contribution is -2.08. The number of carbonyl (C=O) groups is 1. The van der Waals surface area contributed by atoms with Crippen LogP contribution in [0.4, 0.5) is 18.9 Å². The number of benzene rings is 2. The zero-order valence-corrected chi connectivity index (χ0v) is 16.6. The van der Waals surface area contributed by atoms with Gasteiger partial charge >= 0.3 is 12.1 Å². The Morgan fingerprint density at radius 2 is 1.73 bits per heavy atom. The van der Waals surface area contributed by atoms with Crippen molar-refractivity contribution in [1.82, 2.24) is 0 Å². The van der Waals surface area contributed by atoms with Gasteiger partial charge in [-0.15, -0.1) is 0 Å². The third kappa shape index (κ3) is 5.38. The second-order valence-corrected chi connectivity index (χ2v) is 7.12. The number of carboxylic acids is 1. The van der Waals surface area contributed by atoms with Crippen molar-refractivity contribution < 1.29 is 27.8 Å². The quantitative estimate of drug-likeness (QED) is 0.556. The molecular formula is C17H14Br2F3NO3. The molecule has 0 aliphatic heterocycles. The van der Waals surface area contributed by atoms with Crippen LogP contribution >= 0.6 is 31.9 Å². The Kier molecular flexibility index (Phi) is 6.57. The first-order valence-electron chi connectivity index (χ1n) is 7.31. The molecule has 2 aromatic carbocycles. The average molecular weight is 497 g/mol. The van der Waals surface area contributed by atoms with E-state index in [4.69, 9.17) is 9.84 Å². The molecule has 0 saturated heterocycles. The molecule has 2 N–H and O–H groups in total. The molecule has 0 radical (unpaired) electrons. The van der Waals surface area contributed by atoms with Gasteiger partial charge in [-0.3, -0.25) is 4.79 Å². The number of hydrogen-bond acceptors (Lipinski definition) is 3. The van der Waals surface area contributed by atoms with E-state index in [-0.39, 0.29) is 13.0 Å². The average Bonchev–Trinajstić information content (AvgIpc) is 2.52. The van der Waals surface area contributed by atoms with Crippen molar-refractivity contribution in [3.63, 3.8) is 0 Å². The molecule has 0 spiro atoms. The second-order valence-electron chi connectivity index (χ2n) is 5.41. The number of nitrogens with one attached hydrogen (secondary N) is 1. The smallest absolute Gasteiger partial charge is 0.416 e. The van der Waals surface area contributed by atoms with Crippen LogP contribution in [-0.4, -0.2) is 18.1 Å². The van der Waals surface area contributed by atoms with Crippen LogP contribution in [-0.2, 0) is 24.0 Å². The number of alkyl halides is 3. The van der Waals surface area contributed by atoms with E-state index in [2.05, 4.69) is 37.2 Å². The number of ether oxygens (including phenoxy) is 1. The van der Waals surface area contributed by atoms with Gasteiger partial charge in [0.2, 0.25) is 0 Å². The fourth-order valence-electron chi connectivity index (χ4n) is 2.27. The van der Waals surface area contributed by atoms with E-state index in [1.165, 1.54) is 7.05 Å². The minimum atomic E-state index is -4.46. The van der Waals surface area contributed by atoms with E-state index in [0.29, 0.717) is 31.5 Å². The van der Waals surface area contributed by atoms with Gasteiger partial charge in [0.25, 0.3) is 0 Å². The summed E-state index contributed by atoms with van der Waals surface area (Å²) in [5.74, 6) is -0.594. The summed E-state index contributed by atoms with van der Waals surface area (Å²) >= 11 is 6.59. The number of hydrogen-bond donors (Lipinski definition) is 2. The predicted octanol–water partition coefficient (Wildman–Crippen LogP) is 5.48. The van der Waals surface area contributed by atoms with Crippen molar-refractivity contribution in [3.05, 3.63) is 56.0 Å². The van der Waals surface area contributed by atoms with E-state index in [1.807, 2.05) is 0 Å². The lowest BCUT2D eigenvalue weighted by atomic mass is 10.1. The van der Waals surface area contributed by atoms with E-state index >= 15 is 0 Å². The molecule has 0 atom stereocenters. The monoisotopic (exact) mass is 495 g/mol. The molecule has 2 aromatic rings. The van der Waals surface area contributed by atoms with Crippen LogP contribution in [0.5, 0.6) is 5.75 Å². The summed E-state index contributed by atoms with van der Waals surface area (Å²) in [6.45, 7) is -0.0892. The van der Waals surface area contributed by atoms with Gasteiger partial charge < -0.3 is 15.2 Å². The molecule has 0 aliphatic rings. The predicted molar refractivity (Wildman–Crippen MR) is 98.5 cm³/mol. The Morgan fingerprint density at radius 3 is 2.23 bits per heavy atom. The molecule has 26 heavy (non-hydrogen) atoms. The number of rotatable bonds is 6. The van der Waals surface area contributed by atoms with E-state index < -0.39 is 17.7 Å². The standard InChI is InChI=1S/C17H14Br2F3NO3/c1-23-12-3-10(2-11(7-12)17(20,21)22)8-26-16-13(18)4-9(5-14(16)19)6-15(24)25/h2-5,7,23H,6,8H2,1H3,(H,24,25). The number of halogens is 5. The first kappa shape index (κ1) is 20.6. The summed E-state index contributed by atoms with van der Waals surface area (Å²) in [6, 6.07) is 6.81. The summed E-state index contributed by atoms with van der Waals surface area (Å²) in [4.78, 5) is 10.8. The van der Waals surface area contributed by atoms with Gasteiger partial charge in [-0.05, 0) is 73.3 Å². The molecule has 0 unspecified atom stereocenters. The van der Waals surface area contributed by atoms with Gasteiger partial charge in [-0.2, -0.15) is 13.2 Å². The van der Waals surface area contributed by atoms with E-state index in [1.54, 1.807) is 18.2 Å². The van der Waals surface area contributed by atoms with Crippen molar-refractivity contribution in [1.29, 1.82) is 0 Å². The van der Waals surface area contributed by atoms with Gasteiger partial charge in [0.05, 0.1) is 20.9 Å². The summed E-state index contributed by atoms with van der Waals surface area (Å²) < 4.78 is 45.6. The highest BCUT2D eigenvalue weighted by Gasteiger charge is 2.31. The highest BCUT2D eigenvalue weighted by molar-refractivity contribution is 9.11. The maximum absolute atomic E-state index is 13.0. The Balaban J connectivity index is 2.25. The van der Waals surface area contributed by atoms with Crippen molar-refractivity contribution in [2.75, 3.05) is 12.4 Å². The molecule has 0 fully saturated rings. The van der Waals surface area contributed by atoms with Crippen LogP contribution in [0.15, 0.2) is 39.3 Å². The van der Waals surface area contributed by atoms with Crippen LogP contribution in [0, 0.1) is 0 Å². The number of carboxylic acid groups (broad SMARTS) is 1. The molecule has 0 bridgehead atoms. The molecule has 140 valence electrons. The maximum Gasteiger partial charge on any atom is 0.416 e. The van der Waals surface area contributed by atoms with Crippen LogP contribution < -0.4 is 10.1 Å². The number of aliphatic carboxylic acids is 1. The molecule has 0 heterocycles. The summed E-state index contributed by atoms with van der Waals surface area (Å²) in [5.41, 5.74) is 0.462. The minimum absolute atomic E-state index is 0.0892. The highest BCUT2D eigenvalue weighted by Crippen LogP contribution is 2.36. The van der Waals surface area contributed by atoms with Gasteiger partial charge in [-0.25, -0.2) is 0 Å². The lowest BCUT2D eigenvalue weighted by molar-refractivity contribution is -0.138. The Labute approximate surface area is 164 Å². The molecule has 2 rings (SSSR count). The zero-order valence-electron chi connectivity index (χ0n) is 13.5. The Bertz CT molecular complexity index is 802. The minimum Gasteiger partial charge on any atom is -0.487 e. The molecular weight excluding hydrogens is 483 g/mol. The largest absolute Gasteiger partial charge is 0.487 e. The number of anilines is 1. The third-order valence-electron chi connectivity index (χ3n) is 3.41. The molecule has 0 amide bonds. The van der Waals surface area contributed by atoms with Gasteiger partial charge in [0, 0.05) is 12.7 Å². The fraction of sp³-hybridized carbons (Fsp3) is 0.235. The van der Waals surface area contributed by atoms with E-state index in [9.17, 15) is 18.0 Å². The second kappa shape index (κ2) is 8.30.